The molecule has 4 aliphatic heterocycles. The van der Waals surface area contributed by atoms with Crippen molar-refractivity contribution in [1.29, 1.82) is 0 Å². The van der Waals surface area contributed by atoms with Crippen LogP contribution in [0.25, 0.3) is 11.3 Å². The van der Waals surface area contributed by atoms with Gasteiger partial charge in [-0.25, -0.2) is 18.7 Å². The van der Waals surface area contributed by atoms with Crippen LogP contribution < -0.4 is 25.8 Å². The number of imide groups is 1. The molecule has 12 nitrogen and oxygen atoms in total. The second-order valence-corrected chi connectivity index (χ2v) is 16.9. The van der Waals surface area contributed by atoms with Gasteiger partial charge in [-0.15, -0.1) is 0 Å². The van der Waals surface area contributed by atoms with Gasteiger partial charge >= 0.3 is 0 Å². The van der Waals surface area contributed by atoms with Crippen molar-refractivity contribution in [3.8, 4) is 11.3 Å². The SMILES string of the molecule is O=C1CCC(Nc2ccc(N3CCC(CC4CCN(C(=O)C5CCC(Nc6ncc(F)c(-c7cccc(N8CCCCC8=O)c7)n6)CC5)CC4)CC3)c(F)c2)C(=O)N1. The minimum Gasteiger partial charge on any atom is -0.374 e. The summed E-state index contributed by atoms with van der Waals surface area (Å²) in [4.78, 5) is 64.4. The van der Waals surface area contributed by atoms with E-state index in [0.717, 1.165) is 102 Å². The highest BCUT2D eigenvalue weighted by Crippen LogP contribution is 2.35. The van der Waals surface area contributed by atoms with E-state index in [1.54, 1.807) is 23.1 Å². The number of carbonyl (C=O) groups is 4. The first-order chi connectivity index (χ1) is 28.2. The summed E-state index contributed by atoms with van der Waals surface area (Å²) >= 11 is 0. The van der Waals surface area contributed by atoms with Crippen molar-refractivity contribution >= 4 is 46.6 Å². The maximum Gasteiger partial charge on any atom is 0.249 e. The number of hydrogen-bond donors (Lipinski definition) is 3. The van der Waals surface area contributed by atoms with Crippen molar-refractivity contribution in [2.24, 2.45) is 17.8 Å². The Morgan fingerprint density at radius 2 is 1.55 bits per heavy atom. The molecule has 5 aliphatic rings. The highest BCUT2D eigenvalue weighted by molar-refractivity contribution is 6.01. The number of amides is 4. The van der Waals surface area contributed by atoms with E-state index in [0.29, 0.717) is 54.1 Å². The van der Waals surface area contributed by atoms with Crippen LogP contribution in [0.3, 0.4) is 0 Å². The molecule has 1 atom stereocenters. The Morgan fingerprint density at radius 3 is 2.28 bits per heavy atom. The van der Waals surface area contributed by atoms with Crippen LogP contribution in [0.1, 0.15) is 89.9 Å². The zero-order chi connectivity index (χ0) is 40.2. The molecule has 3 aromatic rings. The molecular formula is C44H54F2N8O4. The molecule has 3 N–H and O–H groups in total. The lowest BCUT2D eigenvalue weighted by Crippen LogP contribution is -2.47. The van der Waals surface area contributed by atoms with E-state index < -0.39 is 11.9 Å². The summed E-state index contributed by atoms with van der Waals surface area (Å²) in [5, 5.41) is 8.78. The highest BCUT2D eigenvalue weighted by atomic mass is 19.1. The molecule has 1 saturated carbocycles. The third-order valence-electron chi connectivity index (χ3n) is 13.0. The van der Waals surface area contributed by atoms with Gasteiger partial charge in [0, 0.05) is 74.5 Å². The van der Waals surface area contributed by atoms with E-state index in [4.69, 9.17) is 0 Å². The molecule has 2 aromatic carbocycles. The average molecular weight is 797 g/mol. The molecule has 0 spiro atoms. The van der Waals surface area contributed by atoms with Gasteiger partial charge < -0.3 is 25.3 Å². The molecule has 5 heterocycles. The third-order valence-corrected chi connectivity index (χ3v) is 13.0. The summed E-state index contributed by atoms with van der Waals surface area (Å²) in [6, 6.07) is 11.9. The third kappa shape index (κ3) is 9.26. The van der Waals surface area contributed by atoms with E-state index >= 15 is 8.78 Å². The summed E-state index contributed by atoms with van der Waals surface area (Å²) in [7, 11) is 0. The van der Waals surface area contributed by atoms with E-state index in [2.05, 4.69) is 35.7 Å². The van der Waals surface area contributed by atoms with Crippen molar-refractivity contribution in [1.82, 2.24) is 20.2 Å². The van der Waals surface area contributed by atoms with E-state index in [9.17, 15) is 19.2 Å². The number of nitrogens with one attached hydrogen (secondary N) is 3. The van der Waals surface area contributed by atoms with Crippen LogP contribution in [0.2, 0.25) is 0 Å². The molecule has 58 heavy (non-hydrogen) atoms. The zero-order valence-electron chi connectivity index (χ0n) is 33.1. The quantitative estimate of drug-likeness (QED) is 0.192. The van der Waals surface area contributed by atoms with Gasteiger partial charge in [-0.3, -0.25) is 24.5 Å². The smallest absolute Gasteiger partial charge is 0.249 e. The Hall–Kier alpha value is -5.14. The van der Waals surface area contributed by atoms with Gasteiger partial charge in [0.15, 0.2) is 5.82 Å². The summed E-state index contributed by atoms with van der Waals surface area (Å²) in [5.74, 6) is 0.388. The first-order valence-electron chi connectivity index (χ1n) is 21.3. The normalized spacial score (nSPS) is 23.8. The maximum atomic E-state index is 15.2. The predicted molar refractivity (Wildman–Crippen MR) is 218 cm³/mol. The second kappa shape index (κ2) is 17.8. The molecule has 0 bridgehead atoms. The van der Waals surface area contributed by atoms with Crippen molar-refractivity contribution in [3.05, 3.63) is 60.3 Å². The number of carbonyl (C=O) groups excluding carboxylic acids is 4. The highest BCUT2D eigenvalue weighted by Gasteiger charge is 2.33. The Kier molecular flexibility index (Phi) is 12.2. The number of anilines is 4. The number of likely N-dealkylation sites (tertiary alicyclic amines) is 1. The minimum atomic E-state index is -0.552. The van der Waals surface area contributed by atoms with Crippen molar-refractivity contribution in [3.63, 3.8) is 0 Å². The second-order valence-electron chi connectivity index (χ2n) is 16.9. The lowest BCUT2D eigenvalue weighted by atomic mass is 9.81. The molecule has 14 heteroatoms. The van der Waals surface area contributed by atoms with Crippen LogP contribution in [0.5, 0.6) is 0 Å². The maximum absolute atomic E-state index is 15.2. The first kappa shape index (κ1) is 39.7. The Balaban J connectivity index is 0.755. The molecule has 4 amide bonds. The lowest BCUT2D eigenvalue weighted by Gasteiger charge is -2.39. The number of nitrogens with zero attached hydrogens (tertiary/aromatic N) is 5. The standard InChI is InChI=1S/C44H54F2N8O4/c45-35-26-33(48-37-12-14-39(55)50-42(37)57)11-13-38(35)52-20-15-28(16-21-52)24-29-17-22-53(23-18-29)43(58)30-7-9-32(10-8-30)49-44-47-27-36(46)41(51-44)31-4-3-5-34(25-31)54-19-2-1-6-40(54)56/h3-5,11,13,25-30,32,37,48H,1-2,6-10,12,14-24H2,(H,47,49,51)(H,50,55,57). The van der Waals surface area contributed by atoms with Gasteiger partial charge in [-0.2, -0.15) is 0 Å². The van der Waals surface area contributed by atoms with Crippen LogP contribution in [0, 0.1) is 29.4 Å². The van der Waals surface area contributed by atoms with Crippen LogP contribution in [-0.2, 0) is 19.2 Å². The number of piperidine rings is 4. The molecule has 8 rings (SSSR count). The van der Waals surface area contributed by atoms with Crippen LogP contribution in [-0.4, -0.2) is 83.3 Å². The van der Waals surface area contributed by atoms with Crippen LogP contribution >= 0.6 is 0 Å². The molecule has 308 valence electrons. The topological polar surface area (TPSA) is 140 Å². The average Bonchev–Trinajstić information content (AvgIpc) is 3.23. The van der Waals surface area contributed by atoms with Gasteiger partial charge in [0.2, 0.25) is 29.6 Å². The summed E-state index contributed by atoms with van der Waals surface area (Å²) in [6.45, 7) is 3.84. The van der Waals surface area contributed by atoms with Gasteiger partial charge in [0.1, 0.15) is 17.6 Å². The Labute approximate surface area is 338 Å². The summed E-state index contributed by atoms with van der Waals surface area (Å²) in [6.07, 6.45) is 12.6. The fourth-order valence-electron chi connectivity index (χ4n) is 9.62. The Morgan fingerprint density at radius 1 is 0.793 bits per heavy atom. The van der Waals surface area contributed by atoms with Crippen molar-refractivity contribution in [2.45, 2.75) is 102 Å². The van der Waals surface area contributed by atoms with Gasteiger partial charge in [0.25, 0.3) is 0 Å². The van der Waals surface area contributed by atoms with E-state index in [-0.39, 0.29) is 53.5 Å². The molecule has 4 saturated heterocycles. The van der Waals surface area contributed by atoms with E-state index in [1.165, 1.54) is 12.3 Å². The summed E-state index contributed by atoms with van der Waals surface area (Å²) in [5.41, 5.74) is 2.65. The fourth-order valence-corrected chi connectivity index (χ4v) is 9.62. The molecular weight excluding hydrogens is 743 g/mol. The van der Waals surface area contributed by atoms with Gasteiger partial charge in [0.05, 0.1) is 11.9 Å². The monoisotopic (exact) mass is 796 g/mol. The van der Waals surface area contributed by atoms with Crippen LogP contribution in [0.15, 0.2) is 48.7 Å². The first-order valence-corrected chi connectivity index (χ1v) is 21.3. The number of aromatic nitrogens is 2. The molecule has 1 aromatic heterocycles. The number of halogens is 2. The summed E-state index contributed by atoms with van der Waals surface area (Å²) < 4.78 is 30.2. The van der Waals surface area contributed by atoms with Crippen molar-refractivity contribution < 1.29 is 28.0 Å². The molecule has 1 unspecified atom stereocenters. The molecule has 0 radical (unpaired) electrons. The number of hydrogen-bond acceptors (Lipinski definition) is 9. The fraction of sp³-hybridized carbons (Fsp3) is 0.545. The van der Waals surface area contributed by atoms with Crippen molar-refractivity contribution in [2.75, 3.05) is 53.2 Å². The molecule has 5 fully saturated rings. The van der Waals surface area contributed by atoms with Gasteiger partial charge in [-0.05, 0) is 119 Å². The minimum absolute atomic E-state index is 0.00605. The van der Waals surface area contributed by atoms with E-state index in [1.807, 2.05) is 18.2 Å². The predicted octanol–water partition coefficient (Wildman–Crippen LogP) is 6.67. The largest absolute Gasteiger partial charge is 0.374 e. The Bertz CT molecular complexity index is 1990. The molecule has 1 aliphatic carbocycles. The van der Waals surface area contributed by atoms with Crippen LogP contribution in [0.4, 0.5) is 31.8 Å². The van der Waals surface area contributed by atoms with Gasteiger partial charge in [-0.1, -0.05) is 12.1 Å². The zero-order valence-corrected chi connectivity index (χ0v) is 33.1. The number of benzene rings is 2. The lowest BCUT2D eigenvalue weighted by molar-refractivity contribution is -0.138. The number of rotatable bonds is 10.